The van der Waals surface area contributed by atoms with Crippen LogP contribution in [-0.4, -0.2) is 42.8 Å². The number of piperazine rings is 1. The molecule has 1 fully saturated rings. The standard InChI is InChI=1S/C22H22N6O/c23-14-17(22(29)25-15-16-6-2-1-3-7-16)20-21(28-12-10-24-11-13-28)27-19-9-5-4-8-18(19)26-20/h1-9,24,26H,10-13,15H2,(H,25,29). The number of anilines is 1. The number of nitrogens with zero attached hydrogens (tertiary/aromatic N) is 3. The zero-order valence-corrected chi connectivity index (χ0v) is 16.0. The van der Waals surface area contributed by atoms with Crippen molar-refractivity contribution < 1.29 is 4.79 Å². The first-order valence-corrected chi connectivity index (χ1v) is 9.63. The molecule has 1 saturated heterocycles. The summed E-state index contributed by atoms with van der Waals surface area (Å²) >= 11 is 0. The summed E-state index contributed by atoms with van der Waals surface area (Å²) in [5.74, 6) is 0.220. The molecule has 0 spiro atoms. The molecule has 4 rings (SSSR count). The normalized spacial score (nSPS) is 17.3. The van der Waals surface area contributed by atoms with Crippen LogP contribution in [0, 0.1) is 11.3 Å². The van der Waals surface area contributed by atoms with Gasteiger partial charge in [-0.1, -0.05) is 42.5 Å². The molecule has 29 heavy (non-hydrogen) atoms. The Hall–Kier alpha value is -3.63. The van der Waals surface area contributed by atoms with Crippen LogP contribution < -0.4 is 16.0 Å². The highest BCUT2D eigenvalue weighted by molar-refractivity contribution is 6.13. The van der Waals surface area contributed by atoms with E-state index in [0.717, 1.165) is 43.1 Å². The maximum atomic E-state index is 12.9. The van der Waals surface area contributed by atoms with Gasteiger partial charge in [-0.3, -0.25) is 4.79 Å². The summed E-state index contributed by atoms with van der Waals surface area (Å²) < 4.78 is 0. The first-order chi connectivity index (χ1) is 14.3. The maximum absolute atomic E-state index is 12.9. The summed E-state index contributed by atoms with van der Waals surface area (Å²) in [5.41, 5.74) is 3.05. The van der Waals surface area contributed by atoms with Gasteiger partial charge in [0.05, 0.1) is 11.4 Å². The van der Waals surface area contributed by atoms with Crippen LogP contribution in [0.15, 0.2) is 70.9 Å². The number of hydrogen-bond acceptors (Lipinski definition) is 6. The predicted molar refractivity (Wildman–Crippen MR) is 113 cm³/mol. The fraction of sp³-hybridized carbons (Fsp3) is 0.227. The van der Waals surface area contributed by atoms with E-state index >= 15 is 0 Å². The zero-order chi connectivity index (χ0) is 20.1. The Morgan fingerprint density at radius 1 is 1.10 bits per heavy atom. The Bertz CT molecular complexity index is 999. The third-order valence-electron chi connectivity index (χ3n) is 4.91. The Morgan fingerprint density at radius 2 is 1.83 bits per heavy atom. The second-order valence-corrected chi connectivity index (χ2v) is 6.84. The van der Waals surface area contributed by atoms with Crippen LogP contribution in [0.2, 0.25) is 0 Å². The first kappa shape index (κ1) is 18.7. The topological polar surface area (TPSA) is 92.5 Å². The third-order valence-corrected chi connectivity index (χ3v) is 4.91. The van der Waals surface area contributed by atoms with E-state index in [2.05, 4.69) is 26.9 Å². The lowest BCUT2D eigenvalue weighted by atomic mass is 10.1. The van der Waals surface area contributed by atoms with Gasteiger partial charge in [0.15, 0.2) is 5.84 Å². The van der Waals surface area contributed by atoms with Crippen LogP contribution >= 0.6 is 0 Å². The summed E-state index contributed by atoms with van der Waals surface area (Å²) in [6.07, 6.45) is 0. The van der Waals surface area contributed by atoms with Crippen LogP contribution in [0.25, 0.3) is 0 Å². The first-order valence-electron chi connectivity index (χ1n) is 9.63. The molecule has 1 amide bonds. The number of benzene rings is 2. The van der Waals surface area contributed by atoms with Gasteiger partial charge in [0.1, 0.15) is 17.3 Å². The molecule has 0 aromatic heterocycles. The third kappa shape index (κ3) is 4.13. The molecule has 146 valence electrons. The molecule has 0 saturated carbocycles. The zero-order valence-electron chi connectivity index (χ0n) is 16.0. The number of carbonyl (C=O) groups is 1. The van der Waals surface area contributed by atoms with Crippen molar-refractivity contribution in [2.24, 2.45) is 4.99 Å². The summed E-state index contributed by atoms with van der Waals surface area (Å²) in [4.78, 5) is 19.8. The highest BCUT2D eigenvalue weighted by atomic mass is 16.1. The van der Waals surface area contributed by atoms with Crippen molar-refractivity contribution in [1.29, 1.82) is 5.26 Å². The van der Waals surface area contributed by atoms with Crippen molar-refractivity contribution in [2.75, 3.05) is 31.5 Å². The smallest absolute Gasteiger partial charge is 0.264 e. The van der Waals surface area contributed by atoms with Gasteiger partial charge in [0.2, 0.25) is 0 Å². The minimum atomic E-state index is -0.416. The summed E-state index contributed by atoms with van der Waals surface area (Å²) in [6, 6.07) is 19.3. The van der Waals surface area contributed by atoms with Crippen molar-refractivity contribution in [3.8, 4) is 6.07 Å². The molecule has 0 radical (unpaired) electrons. The van der Waals surface area contributed by atoms with Gasteiger partial charge in [0.25, 0.3) is 5.91 Å². The van der Waals surface area contributed by atoms with E-state index < -0.39 is 5.91 Å². The number of hydrogen-bond donors (Lipinski definition) is 3. The monoisotopic (exact) mass is 386 g/mol. The van der Waals surface area contributed by atoms with Crippen LogP contribution in [0.1, 0.15) is 5.56 Å². The fourth-order valence-electron chi connectivity index (χ4n) is 3.40. The second-order valence-electron chi connectivity index (χ2n) is 6.84. The SMILES string of the molecule is N#CC(C(=O)NCc1ccccc1)=C1Nc2ccccc2N=C1N1CCNCC1. The Morgan fingerprint density at radius 3 is 2.59 bits per heavy atom. The van der Waals surface area contributed by atoms with E-state index in [0.29, 0.717) is 18.1 Å². The Labute approximate surface area is 169 Å². The van der Waals surface area contributed by atoms with Crippen molar-refractivity contribution in [3.63, 3.8) is 0 Å². The summed E-state index contributed by atoms with van der Waals surface area (Å²) in [6.45, 7) is 3.54. The van der Waals surface area contributed by atoms with Crippen molar-refractivity contribution >= 4 is 23.1 Å². The lowest BCUT2D eigenvalue weighted by Crippen LogP contribution is -2.48. The van der Waals surface area contributed by atoms with Gasteiger partial charge in [-0.25, -0.2) is 4.99 Å². The molecule has 2 aromatic carbocycles. The highest BCUT2D eigenvalue weighted by Crippen LogP contribution is 2.32. The highest BCUT2D eigenvalue weighted by Gasteiger charge is 2.28. The lowest BCUT2D eigenvalue weighted by Gasteiger charge is -2.34. The molecule has 2 heterocycles. The summed E-state index contributed by atoms with van der Waals surface area (Å²) in [5, 5.41) is 19.3. The van der Waals surface area contributed by atoms with Crippen LogP contribution in [0.5, 0.6) is 0 Å². The van der Waals surface area contributed by atoms with E-state index in [4.69, 9.17) is 4.99 Å². The van der Waals surface area contributed by atoms with Crippen LogP contribution in [0.3, 0.4) is 0 Å². The molecule has 7 nitrogen and oxygen atoms in total. The quantitative estimate of drug-likeness (QED) is 0.555. The Balaban J connectivity index is 1.67. The molecule has 0 atom stereocenters. The molecule has 2 aromatic rings. The van der Waals surface area contributed by atoms with E-state index in [9.17, 15) is 10.1 Å². The number of para-hydroxylation sites is 2. The number of amides is 1. The van der Waals surface area contributed by atoms with Gasteiger partial charge < -0.3 is 20.9 Å². The Kier molecular flexibility index (Phi) is 5.54. The molecule has 0 unspecified atom stereocenters. The van der Waals surface area contributed by atoms with Crippen molar-refractivity contribution in [1.82, 2.24) is 15.5 Å². The summed E-state index contributed by atoms with van der Waals surface area (Å²) in [7, 11) is 0. The average molecular weight is 386 g/mol. The van der Waals surface area contributed by atoms with E-state index in [1.54, 1.807) is 0 Å². The number of nitrogens with one attached hydrogen (secondary N) is 3. The fourth-order valence-corrected chi connectivity index (χ4v) is 3.40. The number of nitriles is 1. The molecule has 2 aliphatic heterocycles. The van der Waals surface area contributed by atoms with E-state index in [1.165, 1.54) is 0 Å². The number of fused-ring (bicyclic) bond motifs is 1. The van der Waals surface area contributed by atoms with Gasteiger partial charge >= 0.3 is 0 Å². The second kappa shape index (κ2) is 8.59. The van der Waals surface area contributed by atoms with Gasteiger partial charge in [0, 0.05) is 32.7 Å². The van der Waals surface area contributed by atoms with Crippen LogP contribution in [0.4, 0.5) is 11.4 Å². The van der Waals surface area contributed by atoms with Gasteiger partial charge in [-0.2, -0.15) is 5.26 Å². The average Bonchev–Trinajstić information content (AvgIpc) is 2.79. The van der Waals surface area contributed by atoms with Gasteiger partial charge in [-0.15, -0.1) is 0 Å². The number of carbonyl (C=O) groups excluding carboxylic acids is 1. The predicted octanol–water partition coefficient (Wildman–Crippen LogP) is 2.14. The van der Waals surface area contributed by atoms with Crippen LogP contribution in [-0.2, 0) is 11.3 Å². The molecule has 0 bridgehead atoms. The molecule has 7 heteroatoms. The molecule has 2 aliphatic rings. The molecule has 3 N–H and O–H groups in total. The van der Waals surface area contributed by atoms with Crippen molar-refractivity contribution in [3.05, 3.63) is 71.4 Å². The minimum absolute atomic E-state index is 0.0349. The minimum Gasteiger partial charge on any atom is -0.352 e. The van der Waals surface area contributed by atoms with E-state index in [-0.39, 0.29) is 5.57 Å². The van der Waals surface area contributed by atoms with Gasteiger partial charge in [-0.05, 0) is 17.7 Å². The largest absolute Gasteiger partial charge is 0.352 e. The number of aliphatic imine (C=N–C) groups is 1. The van der Waals surface area contributed by atoms with Crippen molar-refractivity contribution in [2.45, 2.75) is 6.54 Å². The molecule has 0 aliphatic carbocycles. The maximum Gasteiger partial charge on any atom is 0.264 e. The van der Waals surface area contributed by atoms with E-state index in [1.807, 2.05) is 54.6 Å². The molecular weight excluding hydrogens is 364 g/mol. The lowest BCUT2D eigenvalue weighted by molar-refractivity contribution is -0.117. The number of amidine groups is 1. The number of rotatable bonds is 3. The molecular formula is C22H22N6O.